The van der Waals surface area contributed by atoms with Crippen LogP contribution in [0.5, 0.6) is 5.75 Å². The normalized spacial score (nSPS) is 10.8. The molecule has 3 aromatic rings. The lowest BCUT2D eigenvalue weighted by molar-refractivity contribution is 0.414. The van der Waals surface area contributed by atoms with Gasteiger partial charge in [-0.05, 0) is 29.8 Å². The first-order valence-corrected chi connectivity index (χ1v) is 6.15. The van der Waals surface area contributed by atoms with Crippen molar-refractivity contribution < 1.29 is 4.74 Å². The van der Waals surface area contributed by atoms with Gasteiger partial charge in [-0.3, -0.25) is 4.40 Å². The molecular weight excluding hydrogens is 256 g/mol. The number of pyridine rings is 1. The van der Waals surface area contributed by atoms with Crippen LogP contribution in [0.25, 0.3) is 5.65 Å². The minimum Gasteiger partial charge on any atom is -0.497 e. The molecule has 0 aliphatic carbocycles. The zero-order chi connectivity index (χ0) is 14.1. The molecule has 0 aliphatic heterocycles. The van der Waals surface area contributed by atoms with E-state index in [1.807, 2.05) is 12.1 Å². The Bertz CT molecular complexity index is 819. The van der Waals surface area contributed by atoms with Crippen molar-refractivity contribution in [3.63, 3.8) is 0 Å². The Morgan fingerprint density at radius 2 is 2.15 bits per heavy atom. The Kier molecular flexibility index (Phi) is 2.90. The van der Waals surface area contributed by atoms with Crippen LogP contribution in [0, 0.1) is 0 Å². The number of nitrogens with zero attached hydrogens (tertiary/aromatic N) is 3. The summed E-state index contributed by atoms with van der Waals surface area (Å²) in [7, 11) is 1.58. The lowest BCUT2D eigenvalue weighted by Crippen LogP contribution is -2.21. The van der Waals surface area contributed by atoms with Gasteiger partial charge in [0.2, 0.25) is 0 Å². The first kappa shape index (κ1) is 12.3. The van der Waals surface area contributed by atoms with E-state index in [0.717, 1.165) is 5.56 Å². The molecule has 0 radical (unpaired) electrons. The Balaban J connectivity index is 2.03. The van der Waals surface area contributed by atoms with Crippen LogP contribution in [0.3, 0.4) is 0 Å². The predicted molar refractivity (Wildman–Crippen MR) is 76.0 cm³/mol. The standard InChI is InChI=1S/C14H14N4O2/c1-20-12-7-10(6-11(15)8-12)9-18-14(19)17-5-3-2-4-13(17)16-18/h2-8H,9,15H2,1H3. The summed E-state index contributed by atoms with van der Waals surface area (Å²) in [5, 5.41) is 4.28. The summed E-state index contributed by atoms with van der Waals surface area (Å²) in [6, 6.07) is 10.8. The van der Waals surface area contributed by atoms with Crippen LogP contribution >= 0.6 is 0 Å². The second-order valence-corrected chi connectivity index (χ2v) is 4.48. The van der Waals surface area contributed by atoms with E-state index >= 15 is 0 Å². The average Bonchev–Trinajstić information content (AvgIpc) is 2.75. The highest BCUT2D eigenvalue weighted by Crippen LogP contribution is 2.18. The van der Waals surface area contributed by atoms with Gasteiger partial charge in [-0.2, -0.15) is 0 Å². The molecule has 0 bridgehead atoms. The number of nitrogen functional groups attached to an aromatic ring is 1. The quantitative estimate of drug-likeness (QED) is 0.724. The van der Waals surface area contributed by atoms with Gasteiger partial charge in [0.05, 0.1) is 13.7 Å². The van der Waals surface area contributed by atoms with Crippen LogP contribution in [-0.2, 0) is 6.54 Å². The van der Waals surface area contributed by atoms with Gasteiger partial charge in [-0.1, -0.05) is 6.07 Å². The monoisotopic (exact) mass is 270 g/mol. The number of anilines is 1. The third-order valence-corrected chi connectivity index (χ3v) is 3.05. The van der Waals surface area contributed by atoms with Crippen molar-refractivity contribution in [3.8, 4) is 5.75 Å². The van der Waals surface area contributed by atoms with E-state index in [1.54, 1.807) is 37.6 Å². The molecule has 3 rings (SSSR count). The number of aromatic nitrogens is 3. The predicted octanol–water partition coefficient (Wildman–Crippen LogP) is 1.14. The minimum atomic E-state index is -0.179. The van der Waals surface area contributed by atoms with Gasteiger partial charge in [0.25, 0.3) is 0 Å². The zero-order valence-corrected chi connectivity index (χ0v) is 11.0. The van der Waals surface area contributed by atoms with E-state index in [-0.39, 0.29) is 5.69 Å². The van der Waals surface area contributed by atoms with Crippen LogP contribution in [0.15, 0.2) is 47.4 Å². The number of methoxy groups -OCH3 is 1. The van der Waals surface area contributed by atoms with Gasteiger partial charge in [-0.15, -0.1) is 5.10 Å². The molecule has 0 saturated carbocycles. The van der Waals surface area contributed by atoms with Gasteiger partial charge in [0, 0.05) is 18.0 Å². The Hall–Kier alpha value is -2.76. The van der Waals surface area contributed by atoms with Crippen molar-refractivity contribution >= 4 is 11.3 Å². The topological polar surface area (TPSA) is 74.6 Å². The average molecular weight is 270 g/mol. The van der Waals surface area contributed by atoms with Crippen LogP contribution in [0.1, 0.15) is 5.56 Å². The highest BCUT2D eigenvalue weighted by molar-refractivity contribution is 5.47. The van der Waals surface area contributed by atoms with E-state index in [0.29, 0.717) is 23.6 Å². The molecule has 0 saturated heterocycles. The summed E-state index contributed by atoms with van der Waals surface area (Å²) >= 11 is 0. The van der Waals surface area contributed by atoms with Crippen LogP contribution < -0.4 is 16.2 Å². The van der Waals surface area contributed by atoms with E-state index in [4.69, 9.17) is 10.5 Å². The molecule has 2 N–H and O–H groups in total. The summed E-state index contributed by atoms with van der Waals surface area (Å²) in [5.41, 5.74) is 7.71. The van der Waals surface area contributed by atoms with Crippen LogP contribution in [0.2, 0.25) is 0 Å². The first-order valence-electron chi connectivity index (χ1n) is 6.15. The molecule has 2 aromatic heterocycles. The number of benzene rings is 1. The van der Waals surface area contributed by atoms with Crippen molar-refractivity contribution in [2.75, 3.05) is 12.8 Å². The second-order valence-electron chi connectivity index (χ2n) is 4.48. The maximum Gasteiger partial charge on any atom is 0.350 e. The molecule has 102 valence electrons. The maximum atomic E-state index is 12.2. The van der Waals surface area contributed by atoms with Crippen LogP contribution in [0.4, 0.5) is 5.69 Å². The number of nitrogens with two attached hydrogens (primary N) is 1. The van der Waals surface area contributed by atoms with Crippen molar-refractivity contribution in [2.45, 2.75) is 6.54 Å². The number of ether oxygens (including phenoxy) is 1. The highest BCUT2D eigenvalue weighted by atomic mass is 16.5. The molecule has 0 atom stereocenters. The molecule has 20 heavy (non-hydrogen) atoms. The molecule has 1 aromatic carbocycles. The molecule has 6 heteroatoms. The van der Waals surface area contributed by atoms with Gasteiger partial charge in [0.1, 0.15) is 5.75 Å². The summed E-state index contributed by atoms with van der Waals surface area (Å²) < 4.78 is 8.08. The summed E-state index contributed by atoms with van der Waals surface area (Å²) in [4.78, 5) is 12.2. The van der Waals surface area contributed by atoms with E-state index in [2.05, 4.69) is 5.10 Å². The first-order chi connectivity index (χ1) is 9.67. The number of rotatable bonds is 3. The molecule has 6 nitrogen and oxygen atoms in total. The highest BCUT2D eigenvalue weighted by Gasteiger charge is 2.07. The maximum absolute atomic E-state index is 12.2. The van der Waals surface area contributed by atoms with Crippen molar-refractivity contribution in [1.82, 2.24) is 14.2 Å². The molecule has 0 unspecified atom stereocenters. The van der Waals surface area contributed by atoms with E-state index < -0.39 is 0 Å². The SMILES string of the molecule is COc1cc(N)cc(Cn2nc3ccccn3c2=O)c1. The Labute approximate surface area is 115 Å². The van der Waals surface area contributed by atoms with Crippen molar-refractivity contribution in [3.05, 3.63) is 58.6 Å². The second kappa shape index (κ2) is 4.73. The minimum absolute atomic E-state index is 0.179. The van der Waals surface area contributed by atoms with Gasteiger partial charge < -0.3 is 10.5 Å². The molecule has 2 heterocycles. The fourth-order valence-electron chi connectivity index (χ4n) is 2.14. The molecule has 0 aliphatic rings. The zero-order valence-electron chi connectivity index (χ0n) is 11.0. The largest absolute Gasteiger partial charge is 0.497 e. The number of hydrogen-bond donors (Lipinski definition) is 1. The number of fused-ring (bicyclic) bond motifs is 1. The Morgan fingerprint density at radius 1 is 1.30 bits per heavy atom. The molecule has 0 spiro atoms. The summed E-state index contributed by atoms with van der Waals surface area (Å²) in [6.45, 7) is 0.349. The van der Waals surface area contributed by atoms with Gasteiger partial charge in [0.15, 0.2) is 5.65 Å². The van der Waals surface area contributed by atoms with E-state index in [9.17, 15) is 4.79 Å². The fraction of sp³-hybridized carbons (Fsp3) is 0.143. The lowest BCUT2D eigenvalue weighted by Gasteiger charge is -2.06. The van der Waals surface area contributed by atoms with Crippen LogP contribution in [-0.4, -0.2) is 21.3 Å². The third-order valence-electron chi connectivity index (χ3n) is 3.05. The molecule has 0 fully saturated rings. The Morgan fingerprint density at radius 3 is 2.90 bits per heavy atom. The smallest absolute Gasteiger partial charge is 0.350 e. The number of hydrogen-bond acceptors (Lipinski definition) is 4. The lowest BCUT2D eigenvalue weighted by atomic mass is 10.2. The van der Waals surface area contributed by atoms with Crippen molar-refractivity contribution in [2.24, 2.45) is 0 Å². The van der Waals surface area contributed by atoms with Crippen molar-refractivity contribution in [1.29, 1.82) is 0 Å². The van der Waals surface area contributed by atoms with Gasteiger partial charge in [-0.25, -0.2) is 9.48 Å². The fourth-order valence-corrected chi connectivity index (χ4v) is 2.14. The van der Waals surface area contributed by atoms with Gasteiger partial charge >= 0.3 is 5.69 Å². The summed E-state index contributed by atoms with van der Waals surface area (Å²) in [5.74, 6) is 0.664. The summed E-state index contributed by atoms with van der Waals surface area (Å²) in [6.07, 6.45) is 1.70. The third kappa shape index (κ3) is 2.11. The molecular formula is C14H14N4O2. The van der Waals surface area contributed by atoms with E-state index in [1.165, 1.54) is 9.08 Å². The molecule has 0 amide bonds.